The van der Waals surface area contributed by atoms with E-state index in [4.69, 9.17) is 10.5 Å². The first-order chi connectivity index (χ1) is 10.2. The molecule has 2 N–H and O–H groups in total. The van der Waals surface area contributed by atoms with Crippen molar-refractivity contribution in [2.24, 2.45) is 5.73 Å². The number of hydrogen-bond acceptors (Lipinski definition) is 2. The molecule has 0 aliphatic heterocycles. The van der Waals surface area contributed by atoms with Crippen LogP contribution in [0.3, 0.4) is 0 Å². The molecule has 0 atom stereocenters. The van der Waals surface area contributed by atoms with E-state index in [1.165, 1.54) is 12.1 Å². The van der Waals surface area contributed by atoms with Gasteiger partial charge in [-0.15, -0.1) is 0 Å². The van der Waals surface area contributed by atoms with Crippen LogP contribution in [-0.4, -0.2) is 6.54 Å². The standard InChI is InChI=1S/C17H15BrFNO/c18-16-5-1-3-14(8-16)11-21-12-15-7-13(4-2-6-20)9-17(19)10-15/h1,3,5,7-10H,6,11-12,20H2. The second-order valence-electron chi connectivity index (χ2n) is 4.48. The predicted octanol–water partition coefficient (Wildman–Crippen LogP) is 3.62. The van der Waals surface area contributed by atoms with E-state index >= 15 is 0 Å². The van der Waals surface area contributed by atoms with Gasteiger partial charge < -0.3 is 10.5 Å². The fraction of sp³-hybridized carbons (Fsp3) is 0.176. The highest BCUT2D eigenvalue weighted by molar-refractivity contribution is 9.10. The number of ether oxygens (including phenoxy) is 1. The third-order valence-corrected chi connectivity index (χ3v) is 3.21. The van der Waals surface area contributed by atoms with Crippen LogP contribution in [0, 0.1) is 17.7 Å². The van der Waals surface area contributed by atoms with Gasteiger partial charge in [-0.2, -0.15) is 0 Å². The predicted molar refractivity (Wildman–Crippen MR) is 85.0 cm³/mol. The van der Waals surface area contributed by atoms with Gasteiger partial charge in [0.25, 0.3) is 0 Å². The van der Waals surface area contributed by atoms with Gasteiger partial charge in [-0.05, 0) is 41.5 Å². The Hall–Kier alpha value is -1.67. The number of nitrogens with two attached hydrogens (primary N) is 1. The monoisotopic (exact) mass is 347 g/mol. The third kappa shape index (κ3) is 5.31. The summed E-state index contributed by atoms with van der Waals surface area (Å²) >= 11 is 3.41. The molecule has 0 unspecified atom stereocenters. The SMILES string of the molecule is NCC#Cc1cc(F)cc(COCc2cccc(Br)c2)c1. The van der Waals surface area contributed by atoms with Crippen LogP contribution in [-0.2, 0) is 18.0 Å². The first-order valence-corrected chi connectivity index (χ1v) is 7.27. The lowest BCUT2D eigenvalue weighted by atomic mass is 10.1. The maximum Gasteiger partial charge on any atom is 0.124 e. The molecule has 4 heteroatoms. The van der Waals surface area contributed by atoms with E-state index < -0.39 is 0 Å². The zero-order chi connectivity index (χ0) is 15.1. The van der Waals surface area contributed by atoms with Gasteiger partial charge >= 0.3 is 0 Å². The van der Waals surface area contributed by atoms with Crippen molar-refractivity contribution in [2.45, 2.75) is 13.2 Å². The van der Waals surface area contributed by atoms with Crippen molar-refractivity contribution >= 4 is 15.9 Å². The minimum absolute atomic E-state index is 0.255. The Balaban J connectivity index is 1.98. The maximum atomic E-state index is 13.5. The molecule has 0 radical (unpaired) electrons. The molecule has 21 heavy (non-hydrogen) atoms. The van der Waals surface area contributed by atoms with E-state index in [2.05, 4.69) is 27.8 Å². The van der Waals surface area contributed by atoms with Crippen LogP contribution in [0.1, 0.15) is 16.7 Å². The smallest absolute Gasteiger partial charge is 0.124 e. The van der Waals surface area contributed by atoms with Crippen molar-refractivity contribution in [2.75, 3.05) is 6.54 Å². The van der Waals surface area contributed by atoms with Crippen LogP contribution in [0.5, 0.6) is 0 Å². The van der Waals surface area contributed by atoms with Gasteiger partial charge in [0.2, 0.25) is 0 Å². The van der Waals surface area contributed by atoms with Gasteiger partial charge in [0.15, 0.2) is 0 Å². The Morgan fingerprint density at radius 1 is 1.10 bits per heavy atom. The van der Waals surface area contributed by atoms with Crippen LogP contribution in [0.2, 0.25) is 0 Å². The fourth-order valence-corrected chi connectivity index (χ4v) is 2.32. The second kappa shape index (κ2) is 7.94. The van der Waals surface area contributed by atoms with Gasteiger partial charge in [-0.3, -0.25) is 0 Å². The Bertz CT molecular complexity index is 676. The van der Waals surface area contributed by atoms with Crippen molar-refractivity contribution < 1.29 is 9.13 Å². The van der Waals surface area contributed by atoms with Crippen LogP contribution in [0.4, 0.5) is 4.39 Å². The molecule has 0 heterocycles. The zero-order valence-corrected chi connectivity index (χ0v) is 13.0. The van der Waals surface area contributed by atoms with E-state index in [0.29, 0.717) is 18.8 Å². The third-order valence-electron chi connectivity index (χ3n) is 2.72. The highest BCUT2D eigenvalue weighted by atomic mass is 79.9. The number of halogens is 2. The van der Waals surface area contributed by atoms with Crippen molar-refractivity contribution in [1.29, 1.82) is 0 Å². The van der Waals surface area contributed by atoms with Gasteiger partial charge in [-0.25, -0.2) is 4.39 Å². The zero-order valence-electron chi connectivity index (χ0n) is 11.4. The van der Waals surface area contributed by atoms with Crippen LogP contribution < -0.4 is 5.73 Å². The molecule has 0 aromatic heterocycles. The van der Waals surface area contributed by atoms with Crippen molar-refractivity contribution in [3.8, 4) is 11.8 Å². The lowest BCUT2D eigenvalue weighted by molar-refractivity contribution is 0.107. The maximum absolute atomic E-state index is 13.5. The summed E-state index contributed by atoms with van der Waals surface area (Å²) in [6.07, 6.45) is 0. The average Bonchev–Trinajstić information content (AvgIpc) is 2.45. The van der Waals surface area contributed by atoms with E-state index in [0.717, 1.165) is 15.6 Å². The molecule has 2 aromatic carbocycles. The van der Waals surface area contributed by atoms with E-state index in [1.54, 1.807) is 0 Å². The molecule has 0 amide bonds. The molecule has 108 valence electrons. The number of benzene rings is 2. The Morgan fingerprint density at radius 2 is 1.90 bits per heavy atom. The molecule has 2 nitrogen and oxygen atoms in total. The largest absolute Gasteiger partial charge is 0.372 e. The van der Waals surface area contributed by atoms with Crippen molar-refractivity contribution in [3.05, 3.63) is 69.4 Å². The van der Waals surface area contributed by atoms with Crippen molar-refractivity contribution in [1.82, 2.24) is 0 Å². The molecule has 0 fully saturated rings. The van der Waals surface area contributed by atoms with Crippen LogP contribution in [0.25, 0.3) is 0 Å². The molecule has 0 saturated heterocycles. The normalized spacial score (nSPS) is 10.0. The molecular weight excluding hydrogens is 333 g/mol. The molecule has 0 saturated carbocycles. The molecule has 0 bridgehead atoms. The summed E-state index contributed by atoms with van der Waals surface area (Å²) in [5, 5.41) is 0. The Kier molecular flexibility index (Phi) is 5.94. The lowest BCUT2D eigenvalue weighted by Crippen LogP contribution is -1.96. The summed E-state index contributed by atoms with van der Waals surface area (Å²) in [6, 6.07) is 12.5. The Morgan fingerprint density at radius 3 is 2.67 bits per heavy atom. The topological polar surface area (TPSA) is 35.2 Å². The van der Waals surface area contributed by atoms with Crippen LogP contribution >= 0.6 is 15.9 Å². The summed E-state index contributed by atoms with van der Waals surface area (Å²) in [6.45, 7) is 1.06. The molecule has 0 spiro atoms. The second-order valence-corrected chi connectivity index (χ2v) is 5.39. The summed E-state index contributed by atoms with van der Waals surface area (Å²) < 4.78 is 20.1. The highest BCUT2D eigenvalue weighted by Gasteiger charge is 2.01. The van der Waals surface area contributed by atoms with E-state index in [-0.39, 0.29) is 12.4 Å². The van der Waals surface area contributed by atoms with E-state index in [9.17, 15) is 4.39 Å². The minimum atomic E-state index is -0.320. The molecule has 2 rings (SSSR count). The quantitative estimate of drug-likeness (QED) is 0.857. The van der Waals surface area contributed by atoms with E-state index in [1.807, 2.05) is 30.3 Å². The number of rotatable bonds is 4. The lowest BCUT2D eigenvalue weighted by Gasteiger charge is -2.06. The summed E-state index contributed by atoms with van der Waals surface area (Å²) in [5.74, 6) is 5.22. The summed E-state index contributed by atoms with van der Waals surface area (Å²) in [5.41, 5.74) is 7.74. The van der Waals surface area contributed by atoms with Gasteiger partial charge in [-0.1, -0.05) is 39.9 Å². The molecule has 0 aliphatic carbocycles. The minimum Gasteiger partial charge on any atom is -0.372 e. The first kappa shape index (κ1) is 15.7. The van der Waals surface area contributed by atoms with Gasteiger partial charge in [0.05, 0.1) is 19.8 Å². The number of hydrogen-bond donors (Lipinski definition) is 1. The fourth-order valence-electron chi connectivity index (χ4n) is 1.87. The first-order valence-electron chi connectivity index (χ1n) is 6.48. The summed E-state index contributed by atoms with van der Waals surface area (Å²) in [4.78, 5) is 0. The van der Waals surface area contributed by atoms with Gasteiger partial charge in [0.1, 0.15) is 5.82 Å². The molecular formula is C17H15BrFNO. The van der Waals surface area contributed by atoms with Crippen LogP contribution in [0.15, 0.2) is 46.9 Å². The average molecular weight is 348 g/mol. The Labute approximate surface area is 132 Å². The molecule has 0 aliphatic rings. The van der Waals surface area contributed by atoms with Crippen molar-refractivity contribution in [3.63, 3.8) is 0 Å². The van der Waals surface area contributed by atoms with Gasteiger partial charge in [0, 0.05) is 10.0 Å². The molecule has 2 aromatic rings. The highest BCUT2D eigenvalue weighted by Crippen LogP contribution is 2.14. The summed E-state index contributed by atoms with van der Waals surface area (Å²) in [7, 11) is 0.